The summed E-state index contributed by atoms with van der Waals surface area (Å²) in [6.07, 6.45) is 1.77. The molecule has 5 nitrogen and oxygen atoms in total. The maximum atomic E-state index is 5.00. The summed E-state index contributed by atoms with van der Waals surface area (Å²) in [6.45, 7) is 0. The molecule has 4 aromatic carbocycles. The van der Waals surface area contributed by atoms with Crippen molar-refractivity contribution in [1.82, 2.24) is 19.9 Å². The number of benzene rings is 4. The molecule has 1 spiro atoms. The fourth-order valence-corrected chi connectivity index (χ4v) is 9.53. The van der Waals surface area contributed by atoms with Gasteiger partial charge in [0.2, 0.25) is 0 Å². The minimum atomic E-state index is -0.373. The zero-order valence-corrected chi connectivity index (χ0v) is 27.1. The van der Waals surface area contributed by atoms with E-state index >= 15 is 0 Å². The van der Waals surface area contributed by atoms with Gasteiger partial charge < -0.3 is 4.90 Å². The summed E-state index contributed by atoms with van der Waals surface area (Å²) in [6, 6.07) is 46.8. The number of nitrogens with zero attached hydrogens (tertiary/aromatic N) is 5. The molecule has 0 saturated carbocycles. The van der Waals surface area contributed by atoms with Crippen LogP contribution in [0.1, 0.15) is 22.3 Å². The molecule has 10 rings (SSSR count). The third-order valence-electron chi connectivity index (χ3n) is 9.37. The van der Waals surface area contributed by atoms with E-state index in [1.807, 2.05) is 71.2 Å². The van der Waals surface area contributed by atoms with Crippen molar-refractivity contribution in [3.8, 4) is 44.0 Å². The van der Waals surface area contributed by atoms with Gasteiger partial charge in [-0.1, -0.05) is 84.9 Å². The average Bonchev–Trinajstić information content (AvgIpc) is 3.90. The molecular formula is C41H25N5S2. The van der Waals surface area contributed by atoms with Gasteiger partial charge in [0.05, 0.1) is 16.8 Å². The van der Waals surface area contributed by atoms with Crippen LogP contribution in [0.3, 0.4) is 0 Å². The van der Waals surface area contributed by atoms with Crippen molar-refractivity contribution in [2.45, 2.75) is 5.41 Å². The topological polar surface area (TPSA) is 54.8 Å². The number of para-hydroxylation sites is 2. The first-order valence-electron chi connectivity index (χ1n) is 15.8. The predicted molar refractivity (Wildman–Crippen MR) is 195 cm³/mol. The van der Waals surface area contributed by atoms with Crippen LogP contribution in [0.5, 0.6) is 0 Å². The largest absolute Gasteiger partial charge is 0.310 e. The SMILES string of the molecule is c1ccc(-c2nc(-c3cccc(N4c5ccccc5C5(c6ccccc64)c4ccsc4-c4sccc45)c3)nc(-c3ccccn3)n2)cc1. The lowest BCUT2D eigenvalue weighted by Crippen LogP contribution is -2.35. The van der Waals surface area contributed by atoms with E-state index in [1.165, 1.54) is 43.4 Å². The minimum absolute atomic E-state index is 0.373. The molecule has 5 heterocycles. The van der Waals surface area contributed by atoms with Gasteiger partial charge in [0.15, 0.2) is 17.5 Å². The van der Waals surface area contributed by atoms with Gasteiger partial charge in [-0.3, -0.25) is 4.98 Å². The number of pyridine rings is 1. The number of fused-ring (bicyclic) bond motifs is 9. The van der Waals surface area contributed by atoms with Gasteiger partial charge in [0.25, 0.3) is 0 Å². The highest BCUT2D eigenvalue weighted by Crippen LogP contribution is 2.65. The van der Waals surface area contributed by atoms with Crippen LogP contribution in [0.25, 0.3) is 44.0 Å². The molecule has 0 saturated heterocycles. The molecule has 8 aromatic rings. The van der Waals surface area contributed by atoms with E-state index in [0.29, 0.717) is 23.2 Å². The van der Waals surface area contributed by atoms with E-state index in [-0.39, 0.29) is 5.41 Å². The smallest absolute Gasteiger partial charge is 0.182 e. The lowest BCUT2D eigenvalue weighted by atomic mass is 9.65. The number of rotatable bonds is 4. The maximum Gasteiger partial charge on any atom is 0.182 e. The number of hydrogen-bond donors (Lipinski definition) is 0. The molecule has 0 unspecified atom stereocenters. The molecule has 48 heavy (non-hydrogen) atoms. The molecule has 2 aliphatic rings. The van der Waals surface area contributed by atoms with Crippen molar-refractivity contribution >= 4 is 39.7 Å². The summed E-state index contributed by atoms with van der Waals surface area (Å²) in [7, 11) is 0. The second-order valence-corrected chi connectivity index (χ2v) is 13.7. The van der Waals surface area contributed by atoms with Crippen molar-refractivity contribution in [1.29, 1.82) is 0 Å². The first-order valence-corrected chi connectivity index (χ1v) is 17.6. The number of anilines is 3. The standard InChI is InChI=1S/C41H25N5S2/c1-2-11-26(12-3-1)38-43-39(45-40(44-38)33-17-8-9-22-42-33)27-13-10-14-28(25-27)46-34-18-6-4-15-29(34)41(30-16-5-7-19-35(30)46)31-20-23-47-36(31)37-32(41)21-24-48-37/h1-25H. The van der Waals surface area contributed by atoms with Crippen molar-refractivity contribution in [2.75, 3.05) is 4.90 Å². The van der Waals surface area contributed by atoms with Gasteiger partial charge >= 0.3 is 0 Å². The first kappa shape index (κ1) is 27.4. The Bertz CT molecular complexity index is 2340. The maximum absolute atomic E-state index is 5.00. The molecule has 0 N–H and O–H groups in total. The van der Waals surface area contributed by atoms with Gasteiger partial charge in [-0.25, -0.2) is 15.0 Å². The van der Waals surface area contributed by atoms with Crippen LogP contribution in [-0.4, -0.2) is 19.9 Å². The number of hydrogen-bond acceptors (Lipinski definition) is 7. The molecule has 0 radical (unpaired) electrons. The van der Waals surface area contributed by atoms with Crippen LogP contribution in [0.2, 0.25) is 0 Å². The summed E-state index contributed by atoms with van der Waals surface area (Å²) in [4.78, 5) is 24.5. The van der Waals surface area contributed by atoms with Gasteiger partial charge in [-0.2, -0.15) is 0 Å². The molecule has 1 aliphatic carbocycles. The van der Waals surface area contributed by atoms with Gasteiger partial charge in [-0.05, 0) is 81.5 Å². The zero-order valence-electron chi connectivity index (χ0n) is 25.5. The van der Waals surface area contributed by atoms with Crippen molar-refractivity contribution in [3.63, 3.8) is 0 Å². The Morgan fingerprint density at radius 1 is 0.479 bits per heavy atom. The van der Waals surface area contributed by atoms with Crippen molar-refractivity contribution in [2.24, 2.45) is 0 Å². The molecular weight excluding hydrogens is 627 g/mol. The Labute approximate surface area is 285 Å². The van der Waals surface area contributed by atoms with Crippen LogP contribution in [0.15, 0.2) is 150 Å². The summed E-state index contributed by atoms with van der Waals surface area (Å²) >= 11 is 3.69. The Morgan fingerprint density at radius 2 is 1.06 bits per heavy atom. The second kappa shape index (κ2) is 10.6. The summed E-state index contributed by atoms with van der Waals surface area (Å²) < 4.78 is 0. The Kier molecular flexibility index (Phi) is 6.06. The number of thiophene rings is 2. The highest BCUT2D eigenvalue weighted by molar-refractivity contribution is 7.21. The summed E-state index contributed by atoms with van der Waals surface area (Å²) in [5.74, 6) is 1.75. The third-order valence-corrected chi connectivity index (χ3v) is 11.4. The predicted octanol–water partition coefficient (Wildman–Crippen LogP) is 10.5. The Balaban J connectivity index is 1.18. The van der Waals surface area contributed by atoms with Crippen molar-refractivity contribution < 1.29 is 0 Å². The molecule has 226 valence electrons. The monoisotopic (exact) mass is 651 g/mol. The lowest BCUT2D eigenvalue weighted by molar-refractivity contribution is 0.756. The quantitative estimate of drug-likeness (QED) is 0.190. The molecule has 0 fully saturated rings. The van der Waals surface area contributed by atoms with E-state index < -0.39 is 0 Å². The van der Waals surface area contributed by atoms with Crippen LogP contribution in [-0.2, 0) is 5.41 Å². The first-order chi connectivity index (χ1) is 23.8. The van der Waals surface area contributed by atoms with Gasteiger partial charge in [-0.15, -0.1) is 22.7 Å². The Morgan fingerprint density at radius 3 is 1.73 bits per heavy atom. The van der Waals surface area contributed by atoms with E-state index in [0.717, 1.165) is 16.8 Å². The van der Waals surface area contributed by atoms with E-state index in [9.17, 15) is 0 Å². The molecule has 0 bridgehead atoms. The normalized spacial score (nSPS) is 13.5. The van der Waals surface area contributed by atoms with Crippen molar-refractivity contribution in [3.05, 3.63) is 173 Å². The molecule has 0 atom stereocenters. The summed E-state index contributed by atoms with van der Waals surface area (Å²) in [5.41, 5.74) is 10.9. The van der Waals surface area contributed by atoms with E-state index in [2.05, 4.69) is 106 Å². The second-order valence-electron chi connectivity index (χ2n) is 11.9. The van der Waals surface area contributed by atoms with Crippen LogP contribution >= 0.6 is 22.7 Å². The summed E-state index contributed by atoms with van der Waals surface area (Å²) in [5, 5.41) is 4.49. The van der Waals surface area contributed by atoms with E-state index in [4.69, 9.17) is 15.0 Å². The fraction of sp³-hybridized carbons (Fsp3) is 0.0244. The molecule has 7 heteroatoms. The van der Waals surface area contributed by atoms with E-state index in [1.54, 1.807) is 6.20 Å². The zero-order chi connectivity index (χ0) is 31.7. The minimum Gasteiger partial charge on any atom is -0.310 e. The molecule has 4 aromatic heterocycles. The molecule has 1 aliphatic heterocycles. The highest BCUT2D eigenvalue weighted by atomic mass is 32.1. The lowest BCUT2D eigenvalue weighted by Gasteiger charge is -2.44. The fourth-order valence-electron chi connectivity index (χ4n) is 7.43. The molecule has 0 amide bonds. The van der Waals surface area contributed by atoms with Crippen LogP contribution < -0.4 is 4.90 Å². The van der Waals surface area contributed by atoms with Crippen LogP contribution in [0, 0.1) is 0 Å². The average molecular weight is 652 g/mol. The van der Waals surface area contributed by atoms with Gasteiger partial charge in [0, 0.05) is 32.8 Å². The third kappa shape index (κ3) is 3.89. The highest BCUT2D eigenvalue weighted by Gasteiger charge is 2.52. The van der Waals surface area contributed by atoms with Crippen LogP contribution in [0.4, 0.5) is 17.1 Å². The van der Waals surface area contributed by atoms with Gasteiger partial charge in [0.1, 0.15) is 5.69 Å². The Hall–Kier alpha value is -5.76. The number of aromatic nitrogens is 4.